The van der Waals surface area contributed by atoms with Crippen molar-refractivity contribution in [2.45, 2.75) is 6.61 Å². The Morgan fingerprint density at radius 1 is 1.12 bits per heavy atom. The molecule has 0 aliphatic carbocycles. The highest BCUT2D eigenvalue weighted by atomic mass is 35.5. The zero-order valence-corrected chi connectivity index (χ0v) is 14.1. The molecule has 3 aromatic rings. The molecule has 0 bridgehead atoms. The molecule has 0 atom stereocenters. The lowest BCUT2D eigenvalue weighted by Gasteiger charge is -2.08. The van der Waals surface area contributed by atoms with Crippen LogP contribution in [-0.2, 0) is 6.61 Å². The van der Waals surface area contributed by atoms with Crippen molar-refractivity contribution >= 4 is 44.9 Å². The summed E-state index contributed by atoms with van der Waals surface area (Å²) in [6.07, 6.45) is 0. The predicted molar refractivity (Wildman–Crippen MR) is 92.1 cm³/mol. The fraction of sp³-hybridized carbons (Fsp3) is 0.125. The van der Waals surface area contributed by atoms with E-state index in [0.717, 1.165) is 6.07 Å². The summed E-state index contributed by atoms with van der Waals surface area (Å²) in [5, 5.41) is 28.0. The fourth-order valence-corrected chi connectivity index (χ4v) is 3.18. The number of hydrogen-bond donors (Lipinski definition) is 3. The largest absolute Gasteiger partial charge is 0.505 e. The van der Waals surface area contributed by atoms with Gasteiger partial charge in [-0.25, -0.2) is 4.79 Å². The summed E-state index contributed by atoms with van der Waals surface area (Å²) in [4.78, 5) is 25.4. The Labute approximate surface area is 149 Å². The van der Waals surface area contributed by atoms with Gasteiger partial charge in [0.25, 0.3) is 0 Å². The molecule has 0 fully saturated rings. The van der Waals surface area contributed by atoms with E-state index in [-0.39, 0.29) is 37.9 Å². The summed E-state index contributed by atoms with van der Waals surface area (Å²) >= 11 is 12.0. The van der Waals surface area contributed by atoms with Crippen LogP contribution in [0.2, 0.25) is 10.0 Å². The summed E-state index contributed by atoms with van der Waals surface area (Å²) < 4.78 is 10.2. The van der Waals surface area contributed by atoms with Gasteiger partial charge >= 0.3 is 5.63 Å². The Morgan fingerprint density at radius 3 is 2.40 bits per heavy atom. The second kappa shape index (κ2) is 6.11. The molecule has 3 rings (SSSR count). The summed E-state index contributed by atoms with van der Waals surface area (Å²) in [7, 11) is 1.20. The molecule has 25 heavy (non-hydrogen) atoms. The van der Waals surface area contributed by atoms with E-state index in [1.54, 1.807) is 0 Å². The lowest BCUT2D eigenvalue weighted by Crippen LogP contribution is -2.04. The van der Waals surface area contributed by atoms with Crippen LogP contribution in [0, 0.1) is 0 Å². The monoisotopic (exact) mass is 384 g/mol. The predicted octanol–water partition coefficient (Wildman–Crippen LogP) is 2.53. The lowest BCUT2D eigenvalue weighted by molar-refractivity contribution is 0.281. The second-order valence-corrected chi connectivity index (χ2v) is 5.83. The molecule has 0 aliphatic heterocycles. The van der Waals surface area contributed by atoms with Gasteiger partial charge in [-0.1, -0.05) is 23.2 Å². The normalized spacial score (nSPS) is 11.2. The highest BCUT2D eigenvalue weighted by Crippen LogP contribution is 2.41. The molecule has 0 saturated heterocycles. The summed E-state index contributed by atoms with van der Waals surface area (Å²) in [6, 6.07) is 2.34. The molecular weight excluding hydrogens is 375 g/mol. The van der Waals surface area contributed by atoms with Crippen molar-refractivity contribution in [1.82, 2.24) is 0 Å². The minimum absolute atomic E-state index is 0.0963. The number of aliphatic hydroxyl groups is 1. The Balaban J connectivity index is 2.80. The number of aliphatic hydroxyl groups excluding tert-OH is 1. The van der Waals surface area contributed by atoms with Crippen molar-refractivity contribution in [2.24, 2.45) is 0 Å². The van der Waals surface area contributed by atoms with Gasteiger partial charge in [0.05, 0.1) is 34.5 Å². The first-order valence-electron chi connectivity index (χ1n) is 6.83. The number of rotatable bonds is 2. The molecule has 0 amide bonds. The number of phenolic OH excluding ortho intramolecular Hbond substituents is 2. The van der Waals surface area contributed by atoms with Crippen molar-refractivity contribution in [1.29, 1.82) is 0 Å². The van der Waals surface area contributed by atoms with Crippen LogP contribution < -0.4 is 15.8 Å². The number of aromatic hydroxyl groups is 2. The Bertz CT molecular complexity index is 1150. The Kier molecular flexibility index (Phi) is 4.24. The average Bonchev–Trinajstić information content (AvgIpc) is 2.69. The van der Waals surface area contributed by atoms with E-state index in [4.69, 9.17) is 32.4 Å². The summed E-state index contributed by atoms with van der Waals surface area (Å²) in [5.41, 5.74) is -2.36. The van der Waals surface area contributed by atoms with E-state index in [2.05, 4.69) is 0 Å². The standard InChI is InChI=1S/C16H10Cl2O7/c1-24-14-7(20)3-2-5-8(14)12(21)9-13(22)10(17)6(4-19)11(18)15(9)25-16(5)23/h2-3,19-20,22H,4H2,1H3. The molecule has 0 radical (unpaired) electrons. The number of benzene rings is 2. The van der Waals surface area contributed by atoms with Crippen LogP contribution in [0.4, 0.5) is 0 Å². The maximum Gasteiger partial charge on any atom is 0.344 e. The molecule has 7 nitrogen and oxygen atoms in total. The molecule has 9 heteroatoms. The summed E-state index contributed by atoms with van der Waals surface area (Å²) in [5.74, 6) is -1.35. The summed E-state index contributed by atoms with van der Waals surface area (Å²) in [6.45, 7) is -0.651. The number of hydrogen-bond acceptors (Lipinski definition) is 7. The van der Waals surface area contributed by atoms with Gasteiger partial charge in [-0.05, 0) is 12.1 Å². The van der Waals surface area contributed by atoms with E-state index in [1.165, 1.54) is 13.2 Å². The average molecular weight is 385 g/mol. The topological polar surface area (TPSA) is 117 Å². The number of ether oxygens (including phenoxy) is 1. The molecule has 0 aliphatic rings. The van der Waals surface area contributed by atoms with Gasteiger partial charge in [-0.15, -0.1) is 0 Å². The number of halogens is 2. The van der Waals surface area contributed by atoms with E-state index in [1.807, 2.05) is 0 Å². The fourth-order valence-electron chi connectivity index (χ4n) is 2.60. The number of methoxy groups -OCH3 is 1. The first kappa shape index (κ1) is 17.3. The molecule has 2 aromatic carbocycles. The zero-order chi connectivity index (χ0) is 18.5. The van der Waals surface area contributed by atoms with E-state index in [0.29, 0.717) is 0 Å². The minimum atomic E-state index is -0.951. The van der Waals surface area contributed by atoms with Gasteiger partial charge < -0.3 is 24.5 Å². The Morgan fingerprint density at radius 2 is 1.80 bits per heavy atom. The van der Waals surface area contributed by atoms with E-state index >= 15 is 0 Å². The van der Waals surface area contributed by atoms with Crippen molar-refractivity contribution in [3.63, 3.8) is 0 Å². The third-order valence-electron chi connectivity index (χ3n) is 3.77. The Hall–Kier alpha value is -2.48. The lowest BCUT2D eigenvalue weighted by atomic mass is 10.1. The van der Waals surface area contributed by atoms with Gasteiger partial charge in [0.2, 0.25) is 5.43 Å². The first-order valence-corrected chi connectivity index (χ1v) is 7.59. The van der Waals surface area contributed by atoms with E-state index in [9.17, 15) is 24.9 Å². The molecule has 1 aromatic heterocycles. The van der Waals surface area contributed by atoms with Crippen molar-refractivity contribution in [3.05, 3.63) is 48.4 Å². The van der Waals surface area contributed by atoms with Gasteiger partial charge in [-0.3, -0.25) is 4.79 Å². The quantitative estimate of drug-likeness (QED) is 0.621. The van der Waals surface area contributed by atoms with Crippen molar-refractivity contribution in [2.75, 3.05) is 7.11 Å². The van der Waals surface area contributed by atoms with Crippen LogP contribution in [0.15, 0.2) is 26.1 Å². The van der Waals surface area contributed by atoms with Crippen LogP contribution in [-0.4, -0.2) is 22.4 Å². The van der Waals surface area contributed by atoms with Gasteiger partial charge in [-0.2, -0.15) is 0 Å². The molecule has 0 saturated carbocycles. The molecule has 3 N–H and O–H groups in total. The van der Waals surface area contributed by atoms with Crippen LogP contribution in [0.5, 0.6) is 17.2 Å². The van der Waals surface area contributed by atoms with Crippen LogP contribution in [0.3, 0.4) is 0 Å². The number of phenols is 2. The minimum Gasteiger partial charge on any atom is -0.505 e. The molecular formula is C16H10Cl2O7. The van der Waals surface area contributed by atoms with Crippen LogP contribution >= 0.6 is 23.2 Å². The highest BCUT2D eigenvalue weighted by Gasteiger charge is 2.23. The second-order valence-electron chi connectivity index (χ2n) is 5.08. The van der Waals surface area contributed by atoms with Crippen LogP contribution in [0.1, 0.15) is 5.56 Å². The first-order chi connectivity index (χ1) is 11.8. The maximum absolute atomic E-state index is 13.0. The molecule has 0 spiro atoms. The van der Waals surface area contributed by atoms with Crippen molar-refractivity contribution < 1.29 is 24.5 Å². The van der Waals surface area contributed by atoms with Crippen LogP contribution in [0.25, 0.3) is 21.7 Å². The van der Waals surface area contributed by atoms with Gasteiger partial charge in [0, 0.05) is 5.56 Å². The van der Waals surface area contributed by atoms with Gasteiger partial charge in [0.1, 0.15) is 11.1 Å². The SMILES string of the molecule is COc1c(O)ccc2c(=O)oc3c(Cl)c(CO)c(Cl)c(O)c3c(=O)c12. The zero-order valence-electron chi connectivity index (χ0n) is 12.6. The molecule has 0 unspecified atom stereocenters. The number of fused-ring (bicyclic) bond motifs is 2. The van der Waals surface area contributed by atoms with Gasteiger partial charge in [0.15, 0.2) is 17.1 Å². The van der Waals surface area contributed by atoms with E-state index < -0.39 is 34.4 Å². The highest BCUT2D eigenvalue weighted by molar-refractivity contribution is 6.40. The smallest absolute Gasteiger partial charge is 0.344 e. The third kappa shape index (κ3) is 2.39. The molecule has 1 heterocycles. The maximum atomic E-state index is 13.0. The third-order valence-corrected chi connectivity index (χ3v) is 4.58. The van der Waals surface area contributed by atoms with Crippen molar-refractivity contribution in [3.8, 4) is 17.2 Å². The molecule has 130 valence electrons.